The van der Waals surface area contributed by atoms with Crippen LogP contribution in [0.4, 0.5) is 10.5 Å². The molecule has 0 saturated carbocycles. The lowest BCUT2D eigenvalue weighted by atomic mass is 10.4. The zero-order valence-electron chi connectivity index (χ0n) is 12.5. The van der Waals surface area contributed by atoms with E-state index in [1.54, 1.807) is 6.92 Å². The summed E-state index contributed by atoms with van der Waals surface area (Å²) in [6, 6.07) is 0. The molecule has 0 fully saturated rings. The number of ether oxygens (including phenoxy) is 3. The van der Waals surface area contributed by atoms with Crippen molar-refractivity contribution in [1.82, 2.24) is 9.97 Å². The van der Waals surface area contributed by atoms with Crippen LogP contribution in [0.3, 0.4) is 0 Å². The average molecular weight is 283 g/mol. The highest BCUT2D eigenvalue weighted by atomic mass is 16.5. The Labute approximate surface area is 118 Å². The third-order valence-electron chi connectivity index (χ3n) is 1.97. The van der Waals surface area contributed by atoms with E-state index in [2.05, 4.69) is 15.3 Å². The topological polar surface area (TPSA) is 82.6 Å². The van der Waals surface area contributed by atoms with Crippen LogP contribution in [0.2, 0.25) is 0 Å². The van der Waals surface area contributed by atoms with Gasteiger partial charge in [0.15, 0.2) is 5.69 Å². The number of amides is 1. The highest BCUT2D eigenvalue weighted by molar-refractivity contribution is 5.88. The fourth-order valence-electron chi connectivity index (χ4n) is 1.36. The van der Waals surface area contributed by atoms with E-state index in [1.807, 2.05) is 27.7 Å². The van der Waals surface area contributed by atoms with Gasteiger partial charge in [-0.15, -0.1) is 0 Å². The van der Waals surface area contributed by atoms with Gasteiger partial charge in [-0.05, 0) is 34.6 Å². The van der Waals surface area contributed by atoms with Crippen LogP contribution in [0.25, 0.3) is 0 Å². The quantitative estimate of drug-likeness (QED) is 0.864. The molecule has 0 saturated heterocycles. The molecule has 7 nitrogen and oxygen atoms in total. The summed E-state index contributed by atoms with van der Waals surface area (Å²) in [5.74, 6) is 0.498. The summed E-state index contributed by atoms with van der Waals surface area (Å²) in [5.41, 5.74) is 0.272. The first-order chi connectivity index (χ1) is 9.43. The average Bonchev–Trinajstić information content (AvgIpc) is 2.32. The number of hydrogen-bond acceptors (Lipinski definition) is 6. The Hall–Kier alpha value is -2.05. The number of aromatic nitrogens is 2. The van der Waals surface area contributed by atoms with Crippen LogP contribution in [0.5, 0.6) is 11.8 Å². The number of nitrogens with zero attached hydrogens (tertiary/aromatic N) is 2. The van der Waals surface area contributed by atoms with E-state index in [1.165, 1.54) is 6.33 Å². The van der Waals surface area contributed by atoms with Crippen molar-refractivity contribution < 1.29 is 19.0 Å². The highest BCUT2D eigenvalue weighted by Crippen LogP contribution is 2.31. The maximum absolute atomic E-state index is 11.6. The normalized spacial score (nSPS) is 10.6. The summed E-state index contributed by atoms with van der Waals surface area (Å²) >= 11 is 0. The lowest BCUT2D eigenvalue weighted by Crippen LogP contribution is -2.19. The molecule has 1 amide bonds. The molecule has 1 aromatic heterocycles. The van der Waals surface area contributed by atoms with Crippen molar-refractivity contribution in [3.05, 3.63) is 6.33 Å². The van der Waals surface area contributed by atoms with E-state index in [-0.39, 0.29) is 36.3 Å². The number of rotatable bonds is 6. The molecule has 0 atom stereocenters. The van der Waals surface area contributed by atoms with Crippen LogP contribution in [0.1, 0.15) is 34.6 Å². The van der Waals surface area contributed by atoms with Gasteiger partial charge in [-0.25, -0.2) is 4.79 Å². The van der Waals surface area contributed by atoms with Crippen LogP contribution in [0, 0.1) is 0 Å². The molecule has 1 aromatic rings. The Morgan fingerprint density at radius 3 is 2.05 bits per heavy atom. The first kappa shape index (κ1) is 16.0. The fourth-order valence-corrected chi connectivity index (χ4v) is 1.36. The Bertz CT molecular complexity index is 421. The minimum Gasteiger partial charge on any atom is -0.473 e. The lowest BCUT2D eigenvalue weighted by molar-refractivity contribution is 0.166. The number of carbonyl (C=O) groups excluding carboxylic acids is 1. The maximum atomic E-state index is 11.6. The molecule has 0 aliphatic carbocycles. The van der Waals surface area contributed by atoms with Gasteiger partial charge < -0.3 is 14.2 Å². The van der Waals surface area contributed by atoms with Crippen molar-refractivity contribution >= 4 is 11.8 Å². The molecule has 0 bridgehead atoms. The molecule has 0 radical (unpaired) electrons. The van der Waals surface area contributed by atoms with Crippen LogP contribution in [-0.2, 0) is 4.74 Å². The second-order valence-corrected chi connectivity index (χ2v) is 4.54. The van der Waals surface area contributed by atoms with Crippen LogP contribution >= 0.6 is 0 Å². The second kappa shape index (κ2) is 7.52. The fraction of sp³-hybridized carbons (Fsp3) is 0.615. The van der Waals surface area contributed by atoms with E-state index in [0.29, 0.717) is 0 Å². The van der Waals surface area contributed by atoms with Crippen molar-refractivity contribution in [2.75, 3.05) is 11.9 Å². The number of hydrogen-bond donors (Lipinski definition) is 1. The van der Waals surface area contributed by atoms with Crippen LogP contribution in [-0.4, -0.2) is 34.9 Å². The van der Waals surface area contributed by atoms with Crippen LogP contribution in [0.15, 0.2) is 6.33 Å². The van der Waals surface area contributed by atoms with Crippen molar-refractivity contribution in [1.29, 1.82) is 0 Å². The van der Waals surface area contributed by atoms with Crippen molar-refractivity contribution in [3.63, 3.8) is 0 Å². The molecule has 1 heterocycles. The van der Waals surface area contributed by atoms with E-state index in [0.717, 1.165) is 0 Å². The molecule has 0 aliphatic heterocycles. The molecule has 20 heavy (non-hydrogen) atoms. The molecule has 7 heteroatoms. The van der Waals surface area contributed by atoms with Crippen LogP contribution < -0.4 is 14.8 Å². The Morgan fingerprint density at radius 2 is 1.65 bits per heavy atom. The molecule has 0 unspecified atom stereocenters. The zero-order valence-corrected chi connectivity index (χ0v) is 12.5. The first-order valence-corrected chi connectivity index (χ1v) is 6.56. The Kier molecular flexibility index (Phi) is 6.02. The number of carbonyl (C=O) groups is 1. The standard InChI is InChI=1S/C13H21N3O4/c1-6-18-13(17)16-10-11(19-8(2)3)14-7-15-12(10)20-9(4)5/h7-9H,6H2,1-5H3,(H,16,17). The molecule has 0 aliphatic rings. The second-order valence-electron chi connectivity index (χ2n) is 4.54. The third kappa shape index (κ3) is 4.91. The van der Waals surface area contributed by atoms with E-state index >= 15 is 0 Å². The van der Waals surface area contributed by atoms with Gasteiger partial charge in [0, 0.05) is 0 Å². The lowest BCUT2D eigenvalue weighted by Gasteiger charge is -2.17. The number of nitrogens with one attached hydrogen (secondary N) is 1. The van der Waals surface area contributed by atoms with Gasteiger partial charge in [-0.3, -0.25) is 5.32 Å². The summed E-state index contributed by atoms with van der Waals surface area (Å²) in [6.07, 6.45) is 0.523. The molecular formula is C13H21N3O4. The predicted molar refractivity (Wildman–Crippen MR) is 74.2 cm³/mol. The Balaban J connectivity index is 3.07. The van der Waals surface area contributed by atoms with Gasteiger partial charge >= 0.3 is 6.09 Å². The Morgan fingerprint density at radius 1 is 1.15 bits per heavy atom. The SMILES string of the molecule is CCOC(=O)Nc1c(OC(C)C)ncnc1OC(C)C. The maximum Gasteiger partial charge on any atom is 0.411 e. The van der Waals surface area contributed by atoms with Crippen molar-refractivity contribution in [2.24, 2.45) is 0 Å². The largest absolute Gasteiger partial charge is 0.473 e. The van der Waals surface area contributed by atoms with E-state index in [9.17, 15) is 4.79 Å². The molecule has 0 aromatic carbocycles. The van der Waals surface area contributed by atoms with Gasteiger partial charge in [-0.2, -0.15) is 9.97 Å². The third-order valence-corrected chi connectivity index (χ3v) is 1.97. The monoisotopic (exact) mass is 283 g/mol. The molecular weight excluding hydrogens is 262 g/mol. The van der Waals surface area contributed by atoms with Gasteiger partial charge in [0.05, 0.1) is 18.8 Å². The van der Waals surface area contributed by atoms with E-state index < -0.39 is 6.09 Å². The first-order valence-electron chi connectivity index (χ1n) is 6.56. The highest BCUT2D eigenvalue weighted by Gasteiger charge is 2.19. The molecule has 1 N–H and O–H groups in total. The van der Waals surface area contributed by atoms with Crippen molar-refractivity contribution in [2.45, 2.75) is 46.8 Å². The van der Waals surface area contributed by atoms with Gasteiger partial charge in [-0.1, -0.05) is 0 Å². The number of anilines is 1. The van der Waals surface area contributed by atoms with Crippen molar-refractivity contribution in [3.8, 4) is 11.8 Å². The predicted octanol–water partition coefficient (Wildman–Crippen LogP) is 2.62. The van der Waals surface area contributed by atoms with Gasteiger partial charge in [0.2, 0.25) is 11.8 Å². The van der Waals surface area contributed by atoms with Gasteiger partial charge in [0.25, 0.3) is 0 Å². The van der Waals surface area contributed by atoms with Gasteiger partial charge in [0.1, 0.15) is 6.33 Å². The zero-order chi connectivity index (χ0) is 15.1. The summed E-state index contributed by atoms with van der Waals surface area (Å²) in [6.45, 7) is 9.43. The molecule has 112 valence electrons. The summed E-state index contributed by atoms with van der Waals surface area (Å²) in [7, 11) is 0. The minimum absolute atomic E-state index is 0.0976. The summed E-state index contributed by atoms with van der Waals surface area (Å²) in [4.78, 5) is 19.6. The molecule has 1 rings (SSSR count). The smallest absolute Gasteiger partial charge is 0.411 e. The summed E-state index contributed by atoms with van der Waals surface area (Å²) < 4.78 is 15.9. The summed E-state index contributed by atoms with van der Waals surface area (Å²) in [5, 5.41) is 2.55. The minimum atomic E-state index is -0.607. The van der Waals surface area contributed by atoms with E-state index in [4.69, 9.17) is 14.2 Å². The molecule has 0 spiro atoms.